The van der Waals surface area contributed by atoms with Crippen molar-refractivity contribution in [1.82, 2.24) is 9.97 Å². The SMILES string of the molecule is C/C=C(\C(=O)O[C@@H]1Cc2c3c(c4oc(CO)cc(=O)c4c2O)[C@H]2Cc4cc(O)ccc4CC[C@H](C[C@H](Cc4ccc(N)nc4)[C@]1(C)O3)c1c2ccnc1N)C1(O)CCCC1. The first-order valence-corrected chi connectivity index (χ1v) is 20.8. The van der Waals surface area contributed by atoms with E-state index in [1.165, 1.54) is 0 Å². The van der Waals surface area contributed by atoms with Crippen LogP contribution in [0.15, 0.2) is 75.7 Å². The highest BCUT2D eigenvalue weighted by molar-refractivity contribution is 5.93. The number of anilines is 2. The minimum atomic E-state index is -1.34. The van der Waals surface area contributed by atoms with Gasteiger partial charge in [0.25, 0.3) is 0 Å². The zero-order chi connectivity index (χ0) is 42.1. The van der Waals surface area contributed by atoms with Crippen molar-refractivity contribution in [3.05, 3.63) is 121 Å². The zero-order valence-corrected chi connectivity index (χ0v) is 33.7. The van der Waals surface area contributed by atoms with E-state index in [0.29, 0.717) is 62.1 Å². The highest BCUT2D eigenvalue weighted by Gasteiger charge is 2.54. The van der Waals surface area contributed by atoms with Gasteiger partial charge in [0.15, 0.2) is 5.43 Å². The van der Waals surface area contributed by atoms with E-state index in [2.05, 4.69) is 9.97 Å². The lowest BCUT2D eigenvalue weighted by molar-refractivity contribution is -0.167. The average molecular weight is 815 g/mol. The van der Waals surface area contributed by atoms with Gasteiger partial charge in [-0.15, -0.1) is 0 Å². The molecule has 9 rings (SSSR count). The van der Waals surface area contributed by atoms with Crippen molar-refractivity contribution >= 4 is 28.6 Å². The number of nitrogens with zero attached hydrogens (tertiary/aromatic N) is 2. The third kappa shape index (κ3) is 6.55. The quantitative estimate of drug-likeness (QED) is 0.0834. The Hall–Kier alpha value is -5.92. The van der Waals surface area contributed by atoms with Crippen molar-refractivity contribution in [1.29, 1.82) is 0 Å². The third-order valence-corrected chi connectivity index (χ3v) is 13.8. The zero-order valence-electron chi connectivity index (χ0n) is 33.7. The number of aryl methyl sites for hydroxylation is 1. The summed E-state index contributed by atoms with van der Waals surface area (Å²) >= 11 is 0. The molecule has 0 amide bonds. The van der Waals surface area contributed by atoms with Crippen LogP contribution in [0.4, 0.5) is 11.6 Å². The van der Waals surface area contributed by atoms with Crippen LogP contribution in [0, 0.1) is 5.92 Å². The first-order chi connectivity index (χ1) is 28.8. The minimum Gasteiger partial charge on any atom is -0.508 e. The number of phenols is 2. The van der Waals surface area contributed by atoms with Gasteiger partial charge in [-0.25, -0.2) is 14.8 Å². The molecule has 312 valence electrons. The predicted octanol–water partition coefficient (Wildman–Crippen LogP) is 6.17. The normalized spacial score (nSPS) is 24.4. The highest BCUT2D eigenvalue weighted by Crippen LogP contribution is 2.56. The maximum Gasteiger partial charge on any atom is 0.337 e. The van der Waals surface area contributed by atoms with Gasteiger partial charge in [0, 0.05) is 53.4 Å². The molecule has 0 spiro atoms. The number of allylic oxidation sites excluding steroid dienone is 1. The summed E-state index contributed by atoms with van der Waals surface area (Å²) in [6, 6.07) is 12.1. The summed E-state index contributed by atoms with van der Waals surface area (Å²) in [5, 5.41) is 45.0. The van der Waals surface area contributed by atoms with Crippen LogP contribution >= 0.6 is 0 Å². The number of aromatic hydroxyl groups is 2. The summed E-state index contributed by atoms with van der Waals surface area (Å²) < 4.78 is 20.4. The summed E-state index contributed by atoms with van der Waals surface area (Å²) in [5.41, 5.74) is 15.1. The van der Waals surface area contributed by atoms with Gasteiger partial charge in [-0.2, -0.15) is 0 Å². The van der Waals surface area contributed by atoms with Crippen LogP contribution in [-0.4, -0.2) is 53.7 Å². The van der Waals surface area contributed by atoms with E-state index in [0.717, 1.165) is 46.7 Å². The van der Waals surface area contributed by atoms with Crippen LogP contribution in [0.3, 0.4) is 0 Å². The van der Waals surface area contributed by atoms with Gasteiger partial charge in [-0.1, -0.05) is 31.1 Å². The number of nitrogens with two attached hydrogens (primary N) is 2. The molecule has 0 saturated heterocycles. The number of hydrogen-bond donors (Lipinski definition) is 6. The Morgan fingerprint density at radius 2 is 1.83 bits per heavy atom. The molecule has 1 saturated carbocycles. The number of esters is 1. The Balaban J connectivity index is 1.36. The van der Waals surface area contributed by atoms with Crippen molar-refractivity contribution in [2.75, 3.05) is 11.5 Å². The van der Waals surface area contributed by atoms with Crippen LogP contribution in [0.1, 0.15) is 109 Å². The van der Waals surface area contributed by atoms with Crippen molar-refractivity contribution in [2.45, 2.75) is 114 Å². The summed E-state index contributed by atoms with van der Waals surface area (Å²) in [5.74, 6) is -1.27. The first kappa shape index (κ1) is 39.5. The average Bonchev–Trinajstić information content (AvgIpc) is 3.68. The number of benzene rings is 2. The minimum absolute atomic E-state index is 0.00326. The van der Waals surface area contributed by atoms with Gasteiger partial charge >= 0.3 is 5.97 Å². The molecule has 2 aromatic carbocycles. The number of aromatic nitrogens is 2. The van der Waals surface area contributed by atoms with E-state index < -0.39 is 47.1 Å². The van der Waals surface area contributed by atoms with Crippen LogP contribution < -0.4 is 21.6 Å². The molecule has 4 bridgehead atoms. The van der Waals surface area contributed by atoms with Crippen molar-refractivity contribution in [3.8, 4) is 17.2 Å². The maximum absolute atomic E-state index is 14.5. The molecule has 2 aliphatic carbocycles. The van der Waals surface area contributed by atoms with Gasteiger partial charge in [-0.05, 0) is 111 Å². The Kier molecular flexibility index (Phi) is 9.86. The Morgan fingerprint density at radius 3 is 2.57 bits per heavy atom. The summed E-state index contributed by atoms with van der Waals surface area (Å²) in [7, 11) is 0. The third-order valence-electron chi connectivity index (χ3n) is 13.8. The molecule has 13 heteroatoms. The van der Waals surface area contributed by atoms with Crippen LogP contribution in [-0.2, 0) is 41.8 Å². The number of rotatable bonds is 6. The molecular weight excluding hydrogens is 765 g/mol. The topological polar surface area (TPSA) is 224 Å². The van der Waals surface area contributed by atoms with E-state index in [9.17, 15) is 30.0 Å². The largest absolute Gasteiger partial charge is 0.508 e. The van der Waals surface area contributed by atoms with Gasteiger partial charge < -0.3 is 45.8 Å². The van der Waals surface area contributed by atoms with E-state index in [4.69, 9.17) is 25.4 Å². The van der Waals surface area contributed by atoms with E-state index >= 15 is 0 Å². The predicted molar refractivity (Wildman–Crippen MR) is 224 cm³/mol. The number of phenolic OH excluding ortho intramolecular Hbond substituents is 2. The lowest BCUT2D eigenvalue weighted by Crippen LogP contribution is -2.57. The van der Waals surface area contributed by atoms with E-state index in [-0.39, 0.29) is 57.5 Å². The fourth-order valence-electron chi connectivity index (χ4n) is 10.7. The summed E-state index contributed by atoms with van der Waals surface area (Å²) in [6.45, 7) is 3.06. The number of aliphatic hydroxyl groups is 2. The van der Waals surface area contributed by atoms with Crippen LogP contribution in [0.5, 0.6) is 17.2 Å². The molecule has 3 aromatic heterocycles. The molecule has 5 heterocycles. The number of fused-ring (bicyclic) bond motifs is 5. The van der Waals surface area contributed by atoms with Gasteiger partial charge in [-0.3, -0.25) is 4.79 Å². The lowest BCUT2D eigenvalue weighted by Gasteiger charge is -2.49. The Labute approximate surface area is 346 Å². The molecule has 1 fully saturated rings. The molecular formula is C47H50N4O9. The Bertz CT molecular complexity index is 2620. The highest BCUT2D eigenvalue weighted by atomic mass is 16.6. The number of aliphatic hydroxyl groups excluding tert-OH is 1. The fraction of sp³-hybridized carbons (Fsp3) is 0.404. The standard InChI is InChI=1S/C47H50N4O9/c1-3-34(47(57)13-4-5-14-47)45(56)59-36-21-33-41(55)40-35(54)20-30(23-52)58-43(40)39-32-19-27-18-29(53)10-9-25(27)7-8-26(38-31(32)12-15-50-44(38)49)17-28(46(36,2)60-42(33)39)16-24-6-11-37(48)51-22-24/h3,6,9-12,15,18,20,22,26,28,32,36,52-53,55,57H,4-5,7-8,13-14,16-17,19,21,23H2,1-2H3,(H2,48,51)(H2,49,50)/b34-3+/t26-,28+,32+,36-,46+/m1/s1. The van der Waals surface area contributed by atoms with Gasteiger partial charge in [0.2, 0.25) is 0 Å². The number of hydrogen-bond acceptors (Lipinski definition) is 13. The summed E-state index contributed by atoms with van der Waals surface area (Å²) in [6.07, 6.45) is 8.80. The van der Waals surface area contributed by atoms with E-state index in [1.54, 1.807) is 43.6 Å². The summed E-state index contributed by atoms with van der Waals surface area (Å²) in [4.78, 5) is 37.6. The molecule has 5 atom stereocenters. The molecule has 60 heavy (non-hydrogen) atoms. The van der Waals surface area contributed by atoms with Crippen molar-refractivity contribution < 1.29 is 39.1 Å². The molecule has 0 radical (unpaired) electrons. The number of nitrogen functional groups attached to an aromatic ring is 2. The second kappa shape index (κ2) is 15.0. The molecule has 2 aliphatic heterocycles. The second-order valence-electron chi connectivity index (χ2n) is 17.2. The molecule has 5 aromatic rings. The van der Waals surface area contributed by atoms with Gasteiger partial charge in [0.05, 0.1) is 11.2 Å². The van der Waals surface area contributed by atoms with Crippen molar-refractivity contribution in [3.63, 3.8) is 0 Å². The Morgan fingerprint density at radius 1 is 1.03 bits per heavy atom. The number of carbonyl (C=O) groups is 1. The fourth-order valence-corrected chi connectivity index (χ4v) is 10.7. The molecule has 13 nitrogen and oxygen atoms in total. The van der Waals surface area contributed by atoms with Crippen LogP contribution in [0.25, 0.3) is 11.0 Å². The van der Waals surface area contributed by atoms with Crippen LogP contribution in [0.2, 0.25) is 0 Å². The smallest absolute Gasteiger partial charge is 0.337 e. The number of pyridine rings is 2. The second-order valence-corrected chi connectivity index (χ2v) is 17.2. The maximum atomic E-state index is 14.5. The van der Waals surface area contributed by atoms with Gasteiger partial charge in [0.1, 0.15) is 63.9 Å². The first-order valence-electron chi connectivity index (χ1n) is 20.8. The molecule has 0 unspecified atom stereocenters. The number of carbonyl (C=O) groups excluding carboxylic acids is 1. The van der Waals surface area contributed by atoms with Crippen molar-refractivity contribution in [2.24, 2.45) is 5.92 Å². The molecule has 8 N–H and O–H groups in total. The van der Waals surface area contributed by atoms with E-state index in [1.807, 2.05) is 25.1 Å². The molecule has 4 aliphatic rings. The number of ether oxygens (including phenoxy) is 2. The monoisotopic (exact) mass is 814 g/mol. The lowest BCUT2D eigenvalue weighted by atomic mass is 9.68.